The molecule has 0 unspecified atom stereocenters. The van der Waals surface area contributed by atoms with Crippen LogP contribution in [0.4, 0.5) is 0 Å². The molecule has 0 bridgehead atoms. The van der Waals surface area contributed by atoms with Crippen LogP contribution in [0.3, 0.4) is 0 Å². The van der Waals surface area contributed by atoms with E-state index in [1.54, 1.807) is 0 Å². The summed E-state index contributed by atoms with van der Waals surface area (Å²) in [6, 6.07) is 0. The van der Waals surface area contributed by atoms with Gasteiger partial charge in [0.2, 0.25) is 0 Å². The van der Waals surface area contributed by atoms with E-state index in [0.717, 1.165) is 0 Å². The summed E-state index contributed by atoms with van der Waals surface area (Å²) in [6.45, 7) is 0. The van der Waals surface area contributed by atoms with Crippen molar-refractivity contribution in [2.24, 2.45) is 0 Å². The number of hydrogen-bond acceptors (Lipinski definition) is 0. The van der Waals surface area contributed by atoms with E-state index >= 15 is 0 Å². The van der Waals surface area contributed by atoms with Crippen LogP contribution in [0.1, 0.15) is 0 Å². The Morgan fingerprint density at radius 2 is 0.750 bits per heavy atom. The van der Waals surface area contributed by atoms with Crippen molar-refractivity contribution in [1.82, 2.24) is 0 Å². The molecule has 0 saturated heterocycles. The Morgan fingerprint density at radius 1 is 0.750 bits per heavy atom. The predicted molar refractivity (Wildman–Crippen MR) is 14.5 cm³/mol. The van der Waals surface area contributed by atoms with E-state index in [9.17, 15) is 0 Å². The van der Waals surface area contributed by atoms with E-state index in [1.165, 1.54) is 0 Å². The minimum atomic E-state index is 0. The largest absolute Gasteiger partial charge is 0.412 e. The van der Waals surface area contributed by atoms with Crippen molar-refractivity contribution >= 4 is 12.4 Å². The van der Waals surface area contributed by atoms with E-state index in [1.807, 2.05) is 0 Å². The molecular weight excluding hydrogens is 119 g/mol. The van der Waals surface area contributed by atoms with Gasteiger partial charge < -0.3 is 11.0 Å². The predicted octanol–water partition coefficient (Wildman–Crippen LogP) is -1.23. The molecule has 0 aromatic heterocycles. The van der Waals surface area contributed by atoms with Gasteiger partial charge in [0.05, 0.1) is 0 Å². The fraction of sp³-hybridized carbons (Fsp3) is 0. The fourth-order valence-corrected chi connectivity index (χ4v) is 0. The monoisotopic (exact) mass is 124 g/mol. The average Bonchev–Trinajstić information content (AvgIpc) is 0. The summed E-state index contributed by atoms with van der Waals surface area (Å²) < 4.78 is 0. The molecular formula is H5ClCrO2. The van der Waals surface area contributed by atoms with E-state index in [0.29, 0.717) is 0 Å². The van der Waals surface area contributed by atoms with E-state index in [4.69, 9.17) is 0 Å². The molecule has 2 nitrogen and oxygen atoms in total. The summed E-state index contributed by atoms with van der Waals surface area (Å²) in [5.41, 5.74) is 0. The van der Waals surface area contributed by atoms with E-state index < -0.39 is 0 Å². The van der Waals surface area contributed by atoms with Crippen LogP contribution in [0.2, 0.25) is 0 Å². The fourth-order valence-electron chi connectivity index (χ4n) is 0. The molecule has 0 aliphatic heterocycles. The summed E-state index contributed by atoms with van der Waals surface area (Å²) in [5.74, 6) is 0. The first kappa shape index (κ1) is 120. The molecule has 0 saturated carbocycles. The Balaban J connectivity index is 0. The number of halogens is 1. The molecule has 0 spiro atoms. The van der Waals surface area contributed by atoms with Crippen molar-refractivity contribution in [1.29, 1.82) is 0 Å². The van der Waals surface area contributed by atoms with Crippen LogP contribution in [-0.2, 0) is 17.4 Å². The Labute approximate surface area is 41.4 Å². The van der Waals surface area contributed by atoms with Gasteiger partial charge >= 0.3 is 0 Å². The number of hydrogen-bond donors (Lipinski definition) is 0. The van der Waals surface area contributed by atoms with Gasteiger partial charge in [-0.3, -0.25) is 0 Å². The zero-order valence-corrected chi connectivity index (χ0v) is 3.91. The second-order valence-corrected chi connectivity index (χ2v) is 0. The normalized spacial score (nSPS) is 0. The molecule has 4 heavy (non-hydrogen) atoms. The molecule has 0 aromatic rings. The molecule has 0 rings (SSSR count). The Kier molecular flexibility index (Phi) is 1540. The van der Waals surface area contributed by atoms with Gasteiger partial charge in [0.25, 0.3) is 0 Å². The van der Waals surface area contributed by atoms with Gasteiger partial charge in [0, 0.05) is 17.4 Å². The van der Waals surface area contributed by atoms with E-state index in [2.05, 4.69) is 0 Å². The molecule has 0 amide bonds. The standard InChI is InChI=1S/ClH.Cr.2H2O/h1H;;2*1H2. The van der Waals surface area contributed by atoms with Gasteiger partial charge in [-0.05, 0) is 0 Å². The third kappa shape index (κ3) is 15.1. The van der Waals surface area contributed by atoms with E-state index in [-0.39, 0.29) is 40.7 Å². The molecule has 0 heterocycles. The van der Waals surface area contributed by atoms with Gasteiger partial charge in [-0.15, -0.1) is 12.4 Å². The zero-order valence-electron chi connectivity index (χ0n) is 1.82. The quantitative estimate of drug-likeness (QED) is 0.388. The second-order valence-electron chi connectivity index (χ2n) is 0. The van der Waals surface area contributed by atoms with Gasteiger partial charge in [0.1, 0.15) is 0 Å². The average molecular weight is 124 g/mol. The molecule has 4 N–H and O–H groups in total. The molecule has 30 valence electrons. The Bertz CT molecular complexity index is 6.00. The van der Waals surface area contributed by atoms with Gasteiger partial charge in [-0.25, -0.2) is 0 Å². The molecule has 0 aliphatic rings. The summed E-state index contributed by atoms with van der Waals surface area (Å²) >= 11 is 0. The topological polar surface area (TPSA) is 63.0 Å². The van der Waals surface area contributed by atoms with Crippen molar-refractivity contribution in [3.05, 3.63) is 0 Å². The molecule has 0 aromatic carbocycles. The Hall–Kier alpha value is 0.742. The van der Waals surface area contributed by atoms with Crippen LogP contribution in [0.15, 0.2) is 0 Å². The summed E-state index contributed by atoms with van der Waals surface area (Å²) in [7, 11) is 0. The minimum Gasteiger partial charge on any atom is -0.412 e. The van der Waals surface area contributed by atoms with Crippen molar-refractivity contribution in [2.45, 2.75) is 0 Å². The first-order valence-corrected chi connectivity index (χ1v) is 0. The minimum absolute atomic E-state index is 0. The van der Waals surface area contributed by atoms with Crippen LogP contribution < -0.4 is 0 Å². The van der Waals surface area contributed by atoms with Crippen molar-refractivity contribution < 1.29 is 28.3 Å². The third-order valence-electron chi connectivity index (χ3n) is 0. The van der Waals surface area contributed by atoms with Crippen molar-refractivity contribution in [2.75, 3.05) is 0 Å². The maximum atomic E-state index is 0. The SMILES string of the molecule is Cl.O.O.[Cr]. The summed E-state index contributed by atoms with van der Waals surface area (Å²) in [5, 5.41) is 0. The van der Waals surface area contributed by atoms with Gasteiger partial charge in [0.15, 0.2) is 0 Å². The zero-order chi connectivity index (χ0) is 0. The summed E-state index contributed by atoms with van der Waals surface area (Å²) in [6.07, 6.45) is 0. The molecule has 0 radical (unpaired) electrons. The Morgan fingerprint density at radius 3 is 0.750 bits per heavy atom. The first-order chi connectivity index (χ1) is 0. The number of rotatable bonds is 0. The third-order valence-corrected chi connectivity index (χ3v) is 0. The maximum absolute atomic E-state index is 0. The second kappa shape index (κ2) is 51.1. The van der Waals surface area contributed by atoms with Crippen molar-refractivity contribution in [3.63, 3.8) is 0 Å². The van der Waals surface area contributed by atoms with Gasteiger partial charge in [-0.2, -0.15) is 0 Å². The maximum Gasteiger partial charge on any atom is 0 e. The van der Waals surface area contributed by atoms with Crippen LogP contribution in [-0.4, -0.2) is 11.0 Å². The molecule has 4 heteroatoms. The van der Waals surface area contributed by atoms with Crippen LogP contribution in [0.5, 0.6) is 0 Å². The van der Waals surface area contributed by atoms with Gasteiger partial charge in [-0.1, -0.05) is 0 Å². The van der Waals surface area contributed by atoms with Crippen LogP contribution in [0, 0.1) is 0 Å². The van der Waals surface area contributed by atoms with Crippen LogP contribution >= 0.6 is 12.4 Å². The van der Waals surface area contributed by atoms with Crippen LogP contribution in [0.25, 0.3) is 0 Å². The molecule has 0 fully saturated rings. The van der Waals surface area contributed by atoms with Crippen molar-refractivity contribution in [3.8, 4) is 0 Å². The smallest absolute Gasteiger partial charge is 0 e. The molecule has 0 atom stereocenters. The molecule has 0 aliphatic carbocycles. The first-order valence-electron chi connectivity index (χ1n) is 0. The summed E-state index contributed by atoms with van der Waals surface area (Å²) in [4.78, 5) is 0.